The van der Waals surface area contributed by atoms with Crippen molar-refractivity contribution in [2.24, 2.45) is 0 Å². The molecular weight excluding hydrogens is 325 g/mol. The van der Waals surface area contributed by atoms with E-state index in [0.29, 0.717) is 10.6 Å². The summed E-state index contributed by atoms with van der Waals surface area (Å²) in [4.78, 5) is 2.66. The van der Waals surface area contributed by atoms with Gasteiger partial charge in [-0.2, -0.15) is 11.8 Å². The molecule has 1 aromatic heterocycles. The van der Waals surface area contributed by atoms with Crippen LogP contribution in [0.15, 0.2) is 24.3 Å². The van der Waals surface area contributed by atoms with Crippen LogP contribution in [0.3, 0.4) is 0 Å². The molecule has 3 rings (SSSR count). The fourth-order valence-corrected chi connectivity index (χ4v) is 5.25. The molecule has 0 radical (unpaired) electrons. The molecule has 1 N–H and O–H groups in total. The van der Waals surface area contributed by atoms with Crippen molar-refractivity contribution in [1.82, 2.24) is 5.32 Å². The molecule has 2 aromatic rings. The molecule has 21 heavy (non-hydrogen) atoms. The van der Waals surface area contributed by atoms with Gasteiger partial charge in [-0.1, -0.05) is 24.6 Å². The van der Waals surface area contributed by atoms with Crippen molar-refractivity contribution in [3.8, 4) is 0 Å². The van der Waals surface area contributed by atoms with Gasteiger partial charge in [0.25, 0.3) is 0 Å². The number of benzene rings is 1. The lowest BCUT2D eigenvalue weighted by Gasteiger charge is -2.17. The maximum atomic E-state index is 14.3. The molecule has 0 spiro atoms. The van der Waals surface area contributed by atoms with Gasteiger partial charge in [0, 0.05) is 26.1 Å². The normalized spacial score (nSPS) is 15.8. The molecule has 0 bridgehead atoms. The van der Waals surface area contributed by atoms with Crippen molar-refractivity contribution in [3.05, 3.63) is 56.0 Å². The Labute approximate surface area is 137 Å². The molecule has 0 fully saturated rings. The number of hydrogen-bond donors (Lipinski definition) is 1. The molecule has 0 saturated heterocycles. The monoisotopic (exact) mass is 341 g/mol. The van der Waals surface area contributed by atoms with Crippen molar-refractivity contribution < 1.29 is 4.39 Å². The first kappa shape index (κ1) is 15.3. The van der Waals surface area contributed by atoms with Crippen molar-refractivity contribution in [2.45, 2.75) is 25.1 Å². The highest BCUT2D eigenvalue weighted by molar-refractivity contribution is 7.98. The fourth-order valence-electron chi connectivity index (χ4n) is 2.62. The third-order valence-electron chi connectivity index (χ3n) is 3.61. The molecule has 2 heterocycles. The van der Waals surface area contributed by atoms with Gasteiger partial charge >= 0.3 is 0 Å². The van der Waals surface area contributed by atoms with Crippen LogP contribution in [0.4, 0.5) is 4.39 Å². The van der Waals surface area contributed by atoms with Gasteiger partial charge in [0.2, 0.25) is 0 Å². The van der Waals surface area contributed by atoms with E-state index >= 15 is 0 Å². The average Bonchev–Trinajstić information content (AvgIpc) is 2.89. The van der Waals surface area contributed by atoms with E-state index in [1.165, 1.54) is 27.1 Å². The second kappa shape index (κ2) is 6.69. The summed E-state index contributed by atoms with van der Waals surface area (Å²) >= 11 is 9.65. The van der Waals surface area contributed by atoms with Gasteiger partial charge in [0.15, 0.2) is 0 Å². The topological polar surface area (TPSA) is 12.0 Å². The fraction of sp³-hybridized carbons (Fsp3) is 0.375. The zero-order chi connectivity index (χ0) is 14.8. The van der Waals surface area contributed by atoms with Crippen molar-refractivity contribution in [2.75, 3.05) is 12.3 Å². The third-order valence-corrected chi connectivity index (χ3v) is 6.16. The van der Waals surface area contributed by atoms with Crippen LogP contribution in [0.25, 0.3) is 0 Å². The molecule has 1 unspecified atom stereocenters. The molecular formula is C16H17ClFNS2. The molecule has 0 amide bonds. The minimum absolute atomic E-state index is 0.0899. The summed E-state index contributed by atoms with van der Waals surface area (Å²) in [5.74, 6) is 2.02. The number of thiophene rings is 1. The lowest BCUT2D eigenvalue weighted by atomic mass is 10.0. The third kappa shape index (κ3) is 3.29. The summed E-state index contributed by atoms with van der Waals surface area (Å²) in [6, 6.07) is 7.09. The summed E-state index contributed by atoms with van der Waals surface area (Å²) in [5.41, 5.74) is 2.09. The van der Waals surface area contributed by atoms with E-state index in [9.17, 15) is 4.39 Å². The van der Waals surface area contributed by atoms with Crippen LogP contribution in [0.5, 0.6) is 0 Å². The van der Waals surface area contributed by atoms with Crippen molar-refractivity contribution in [3.63, 3.8) is 0 Å². The molecule has 1 aliphatic heterocycles. The summed E-state index contributed by atoms with van der Waals surface area (Å²) in [7, 11) is 0. The average molecular weight is 342 g/mol. The number of aryl methyl sites for hydroxylation is 1. The minimum atomic E-state index is -0.241. The van der Waals surface area contributed by atoms with Crippen LogP contribution < -0.4 is 5.32 Å². The van der Waals surface area contributed by atoms with Crippen LogP contribution in [0.2, 0.25) is 5.02 Å². The number of halogens is 2. The molecule has 0 aliphatic carbocycles. The largest absolute Gasteiger partial charge is 0.306 e. The predicted molar refractivity (Wildman–Crippen MR) is 91.1 cm³/mol. The van der Waals surface area contributed by atoms with E-state index in [-0.39, 0.29) is 11.9 Å². The van der Waals surface area contributed by atoms with Crippen molar-refractivity contribution >= 4 is 34.7 Å². The molecule has 1 aromatic carbocycles. The Bertz CT molecular complexity index is 618. The van der Waals surface area contributed by atoms with E-state index in [0.717, 1.165) is 18.7 Å². The summed E-state index contributed by atoms with van der Waals surface area (Å²) < 4.78 is 14.3. The number of thioether (sulfide) groups is 1. The SMILES string of the molecule is CCNC(c1cc2c(s1)CCSC2)c1ccc(Cl)cc1F. The second-order valence-corrected chi connectivity index (χ2v) is 7.77. The predicted octanol–water partition coefficient (Wildman–Crippen LogP) is 5.03. The summed E-state index contributed by atoms with van der Waals surface area (Å²) in [6.07, 6.45) is 1.13. The quantitative estimate of drug-likeness (QED) is 0.837. The molecule has 0 saturated carbocycles. The van der Waals surface area contributed by atoms with Gasteiger partial charge in [0.1, 0.15) is 5.82 Å². The van der Waals surface area contributed by atoms with Crippen molar-refractivity contribution in [1.29, 1.82) is 0 Å². The Hall–Kier alpha value is -0.550. The molecule has 1 aliphatic rings. The van der Waals surface area contributed by atoms with Crippen LogP contribution in [0.1, 0.15) is 33.8 Å². The smallest absolute Gasteiger partial charge is 0.129 e. The lowest BCUT2D eigenvalue weighted by molar-refractivity contribution is 0.563. The van der Waals surface area contributed by atoms with Crippen LogP contribution >= 0.6 is 34.7 Å². The zero-order valence-corrected chi connectivity index (χ0v) is 14.2. The Morgan fingerprint density at radius 2 is 2.24 bits per heavy atom. The van der Waals surface area contributed by atoms with E-state index in [4.69, 9.17) is 11.6 Å². The van der Waals surface area contributed by atoms with Crippen LogP contribution in [0, 0.1) is 5.82 Å². The highest BCUT2D eigenvalue weighted by atomic mass is 35.5. The highest BCUT2D eigenvalue weighted by Gasteiger charge is 2.22. The number of fused-ring (bicyclic) bond motifs is 1. The second-order valence-electron chi connectivity index (χ2n) is 5.06. The van der Waals surface area contributed by atoms with E-state index in [1.807, 2.05) is 30.0 Å². The molecule has 1 nitrogen and oxygen atoms in total. The molecule has 1 atom stereocenters. The summed E-state index contributed by atoms with van der Waals surface area (Å²) in [6.45, 7) is 2.84. The summed E-state index contributed by atoms with van der Waals surface area (Å²) in [5, 5.41) is 3.84. The Kier molecular flexibility index (Phi) is 4.89. The first-order valence-corrected chi connectivity index (χ1v) is 9.41. The first-order chi connectivity index (χ1) is 10.2. The van der Waals surface area contributed by atoms with E-state index in [2.05, 4.69) is 11.4 Å². The molecule has 112 valence electrons. The molecule has 5 heteroatoms. The first-order valence-electron chi connectivity index (χ1n) is 7.06. The van der Waals surface area contributed by atoms with Gasteiger partial charge < -0.3 is 5.32 Å². The Morgan fingerprint density at radius 3 is 2.95 bits per heavy atom. The van der Waals surface area contributed by atoms with Gasteiger partial charge in [-0.15, -0.1) is 11.3 Å². The Morgan fingerprint density at radius 1 is 1.38 bits per heavy atom. The van der Waals surface area contributed by atoms with Gasteiger partial charge in [-0.05, 0) is 42.5 Å². The Balaban J connectivity index is 1.99. The zero-order valence-electron chi connectivity index (χ0n) is 11.8. The highest BCUT2D eigenvalue weighted by Crippen LogP contribution is 2.37. The van der Waals surface area contributed by atoms with E-state index < -0.39 is 0 Å². The van der Waals surface area contributed by atoms with Gasteiger partial charge in [-0.3, -0.25) is 0 Å². The number of rotatable bonds is 4. The van der Waals surface area contributed by atoms with Crippen LogP contribution in [-0.4, -0.2) is 12.3 Å². The lowest BCUT2D eigenvalue weighted by Crippen LogP contribution is -2.22. The van der Waals surface area contributed by atoms with Gasteiger partial charge in [-0.25, -0.2) is 4.39 Å². The minimum Gasteiger partial charge on any atom is -0.306 e. The maximum absolute atomic E-state index is 14.3. The number of hydrogen-bond acceptors (Lipinski definition) is 3. The van der Waals surface area contributed by atoms with E-state index in [1.54, 1.807) is 12.1 Å². The standard InChI is InChI=1S/C16H17ClFNS2/c1-2-19-16(12-4-3-11(17)8-13(12)18)15-7-10-9-20-6-5-14(10)21-15/h3-4,7-8,16,19H,2,5-6,9H2,1H3. The maximum Gasteiger partial charge on any atom is 0.129 e. The van der Waals surface area contributed by atoms with Crippen LogP contribution in [-0.2, 0) is 12.2 Å². The van der Waals surface area contributed by atoms with Gasteiger partial charge in [0.05, 0.1) is 6.04 Å². The number of nitrogens with one attached hydrogen (secondary N) is 1.